The van der Waals surface area contributed by atoms with Gasteiger partial charge in [-0.25, -0.2) is 13.6 Å². The zero-order chi connectivity index (χ0) is 11.4. The van der Waals surface area contributed by atoms with Gasteiger partial charge in [0.25, 0.3) is 5.91 Å². The van der Waals surface area contributed by atoms with Crippen LogP contribution in [-0.4, -0.2) is 37.3 Å². The summed E-state index contributed by atoms with van der Waals surface area (Å²) in [7, 11) is -3.47. The molecule has 1 amide bonds. The van der Waals surface area contributed by atoms with E-state index in [0.29, 0.717) is 0 Å². The van der Waals surface area contributed by atoms with Crippen LogP contribution in [0.1, 0.15) is 20.3 Å². The van der Waals surface area contributed by atoms with Crippen LogP contribution in [0, 0.1) is 0 Å². The number of hydrogen-bond acceptors (Lipinski definition) is 4. The summed E-state index contributed by atoms with van der Waals surface area (Å²) in [5.74, 6) is -0.717. The Morgan fingerprint density at radius 1 is 1.50 bits per heavy atom. The molecule has 84 valence electrons. The molecule has 6 nitrogen and oxygen atoms in total. The average molecular weight is 224 g/mol. The van der Waals surface area contributed by atoms with Gasteiger partial charge in [-0.15, -0.1) is 0 Å². The van der Waals surface area contributed by atoms with E-state index in [-0.39, 0.29) is 18.7 Å². The number of sulfonamides is 1. The van der Waals surface area contributed by atoms with Crippen LogP contribution in [0.4, 0.5) is 0 Å². The van der Waals surface area contributed by atoms with Gasteiger partial charge in [0.05, 0.1) is 5.75 Å². The van der Waals surface area contributed by atoms with Crippen molar-refractivity contribution in [3.05, 3.63) is 0 Å². The van der Waals surface area contributed by atoms with Crippen molar-refractivity contribution in [2.45, 2.75) is 25.9 Å². The second-order valence-corrected chi connectivity index (χ2v) is 5.27. The zero-order valence-corrected chi connectivity index (χ0v) is 9.10. The fraction of sp³-hybridized carbons (Fsp3) is 0.857. The lowest BCUT2D eigenvalue weighted by molar-refractivity contribution is -0.136. The Morgan fingerprint density at radius 2 is 2.00 bits per heavy atom. The van der Waals surface area contributed by atoms with Crippen LogP contribution in [0.15, 0.2) is 0 Å². The number of carbonyl (C=O) groups is 1. The molecule has 4 N–H and O–H groups in total. The maximum absolute atomic E-state index is 11.0. The predicted octanol–water partition coefficient (Wildman–Crippen LogP) is -1.45. The first-order valence-corrected chi connectivity index (χ1v) is 5.85. The number of nitrogens with one attached hydrogen (secondary N) is 1. The molecule has 0 spiro atoms. The Labute approximate surface area is 83.5 Å². The smallest absolute Gasteiger partial charge is 0.251 e. The van der Waals surface area contributed by atoms with Crippen LogP contribution in [0.3, 0.4) is 0 Å². The Balaban J connectivity index is 3.72. The molecule has 0 aliphatic carbocycles. The molecule has 0 saturated carbocycles. The monoisotopic (exact) mass is 224 g/mol. The largest absolute Gasteiger partial charge is 0.381 e. The standard InChI is InChI=1S/C7H16N2O4S/c1-7(2,11)6(10)9-4-3-5-14(8,12)13/h11H,3-5H2,1-2H3,(H,9,10)(H2,8,12,13). The van der Waals surface area contributed by atoms with Crippen molar-refractivity contribution in [1.82, 2.24) is 5.32 Å². The molecule has 0 aliphatic rings. The minimum Gasteiger partial charge on any atom is -0.381 e. The van der Waals surface area contributed by atoms with Gasteiger partial charge in [0, 0.05) is 6.54 Å². The molecule has 0 aliphatic heterocycles. The lowest BCUT2D eigenvalue weighted by Crippen LogP contribution is -2.42. The van der Waals surface area contributed by atoms with Crippen molar-refractivity contribution < 1.29 is 18.3 Å². The summed E-state index contributed by atoms with van der Waals surface area (Å²) in [5, 5.41) is 16.3. The number of rotatable bonds is 5. The van der Waals surface area contributed by atoms with Gasteiger partial charge in [-0.3, -0.25) is 4.79 Å². The Bertz CT molecular complexity index is 291. The first-order valence-electron chi connectivity index (χ1n) is 4.14. The Hall–Kier alpha value is -0.660. The molecule has 0 aromatic heterocycles. The SMILES string of the molecule is CC(C)(O)C(=O)NCCCS(N)(=O)=O. The van der Waals surface area contributed by atoms with E-state index in [0.717, 1.165) is 0 Å². The number of hydrogen-bond donors (Lipinski definition) is 3. The molecule has 0 aromatic rings. The van der Waals surface area contributed by atoms with Crippen molar-refractivity contribution >= 4 is 15.9 Å². The minimum absolute atomic E-state index is 0.180. The highest BCUT2D eigenvalue weighted by Crippen LogP contribution is 1.99. The highest BCUT2D eigenvalue weighted by atomic mass is 32.2. The number of amides is 1. The summed E-state index contributed by atoms with van der Waals surface area (Å²) in [6.07, 6.45) is 0.237. The molecular formula is C7H16N2O4S. The molecule has 0 unspecified atom stereocenters. The van der Waals surface area contributed by atoms with E-state index >= 15 is 0 Å². The van der Waals surface area contributed by atoms with Gasteiger partial charge in [0.15, 0.2) is 0 Å². The van der Waals surface area contributed by atoms with Crippen LogP contribution in [0.2, 0.25) is 0 Å². The third kappa shape index (κ3) is 6.81. The molecule has 14 heavy (non-hydrogen) atoms. The van der Waals surface area contributed by atoms with Crippen LogP contribution in [0.25, 0.3) is 0 Å². The lowest BCUT2D eigenvalue weighted by Gasteiger charge is -2.16. The summed E-state index contributed by atoms with van der Waals surface area (Å²) in [6, 6.07) is 0. The van der Waals surface area contributed by atoms with E-state index < -0.39 is 21.5 Å². The van der Waals surface area contributed by atoms with Gasteiger partial charge in [-0.05, 0) is 20.3 Å². The molecular weight excluding hydrogens is 208 g/mol. The number of nitrogens with two attached hydrogens (primary N) is 1. The summed E-state index contributed by atoms with van der Waals surface area (Å²) in [6.45, 7) is 2.88. The maximum atomic E-state index is 11.0. The van der Waals surface area contributed by atoms with Crippen molar-refractivity contribution in [2.24, 2.45) is 5.14 Å². The number of aliphatic hydroxyl groups is 1. The predicted molar refractivity (Wildman–Crippen MR) is 51.9 cm³/mol. The highest BCUT2D eigenvalue weighted by Gasteiger charge is 2.22. The fourth-order valence-electron chi connectivity index (χ4n) is 0.692. The topological polar surface area (TPSA) is 109 Å². The molecule has 0 saturated heterocycles. The minimum atomic E-state index is -3.47. The van der Waals surface area contributed by atoms with Crippen LogP contribution >= 0.6 is 0 Å². The van der Waals surface area contributed by atoms with E-state index in [1.54, 1.807) is 0 Å². The van der Waals surface area contributed by atoms with E-state index in [9.17, 15) is 18.3 Å². The van der Waals surface area contributed by atoms with Gasteiger partial charge < -0.3 is 10.4 Å². The average Bonchev–Trinajstić information content (AvgIpc) is 1.93. The Morgan fingerprint density at radius 3 is 2.36 bits per heavy atom. The van der Waals surface area contributed by atoms with Crippen LogP contribution in [-0.2, 0) is 14.8 Å². The van der Waals surface area contributed by atoms with E-state index in [1.165, 1.54) is 13.8 Å². The third-order valence-corrected chi connectivity index (χ3v) is 2.30. The molecule has 0 radical (unpaired) electrons. The quantitative estimate of drug-likeness (QED) is 0.496. The van der Waals surface area contributed by atoms with Crippen molar-refractivity contribution in [3.63, 3.8) is 0 Å². The molecule has 0 heterocycles. The second kappa shape index (κ2) is 4.72. The van der Waals surface area contributed by atoms with Crippen molar-refractivity contribution in [3.8, 4) is 0 Å². The summed E-state index contributed by atoms with van der Waals surface area (Å²) < 4.78 is 21.0. The normalized spacial score (nSPS) is 12.6. The lowest BCUT2D eigenvalue weighted by atomic mass is 10.1. The van der Waals surface area contributed by atoms with E-state index in [4.69, 9.17) is 5.14 Å². The van der Waals surface area contributed by atoms with Crippen molar-refractivity contribution in [2.75, 3.05) is 12.3 Å². The molecule has 0 bridgehead atoms. The van der Waals surface area contributed by atoms with Crippen molar-refractivity contribution in [1.29, 1.82) is 0 Å². The van der Waals surface area contributed by atoms with Gasteiger partial charge >= 0.3 is 0 Å². The van der Waals surface area contributed by atoms with Crippen LogP contribution < -0.4 is 10.5 Å². The van der Waals surface area contributed by atoms with Gasteiger partial charge in [0.2, 0.25) is 10.0 Å². The summed E-state index contributed by atoms with van der Waals surface area (Å²) in [4.78, 5) is 11.0. The molecule has 7 heteroatoms. The number of carbonyl (C=O) groups excluding carboxylic acids is 1. The van der Waals surface area contributed by atoms with E-state index in [1.807, 2.05) is 0 Å². The number of primary sulfonamides is 1. The van der Waals surface area contributed by atoms with Gasteiger partial charge in [-0.2, -0.15) is 0 Å². The fourth-order valence-corrected chi connectivity index (χ4v) is 1.24. The summed E-state index contributed by atoms with van der Waals surface area (Å²) in [5.41, 5.74) is -1.44. The highest BCUT2D eigenvalue weighted by molar-refractivity contribution is 7.89. The molecule has 0 aromatic carbocycles. The van der Waals surface area contributed by atoms with E-state index in [2.05, 4.69) is 5.32 Å². The Kier molecular flexibility index (Phi) is 4.50. The molecule has 0 atom stereocenters. The molecule has 0 rings (SSSR count). The van der Waals surface area contributed by atoms with Crippen LogP contribution in [0.5, 0.6) is 0 Å². The molecule has 0 fully saturated rings. The first-order chi connectivity index (χ1) is 6.13. The second-order valence-electron chi connectivity index (χ2n) is 3.54. The first kappa shape index (κ1) is 13.3. The van der Waals surface area contributed by atoms with Gasteiger partial charge in [-0.1, -0.05) is 0 Å². The maximum Gasteiger partial charge on any atom is 0.251 e. The summed E-state index contributed by atoms with van der Waals surface area (Å²) >= 11 is 0. The zero-order valence-electron chi connectivity index (χ0n) is 8.28. The van der Waals surface area contributed by atoms with Gasteiger partial charge in [0.1, 0.15) is 5.60 Å². The third-order valence-electron chi connectivity index (χ3n) is 1.45.